The molecule has 3 rings (SSSR count). The van der Waals surface area contributed by atoms with Crippen LogP contribution in [0, 0.1) is 6.92 Å². The van der Waals surface area contributed by atoms with Gasteiger partial charge in [0.1, 0.15) is 5.76 Å². The van der Waals surface area contributed by atoms with E-state index in [0.29, 0.717) is 40.5 Å². The van der Waals surface area contributed by atoms with Gasteiger partial charge in [0.05, 0.1) is 22.4 Å². The zero-order valence-corrected chi connectivity index (χ0v) is 16.2. The second kappa shape index (κ2) is 7.96. The number of halogens is 1. The van der Waals surface area contributed by atoms with E-state index in [0.717, 1.165) is 12.0 Å². The lowest BCUT2D eigenvalue weighted by atomic mass is 9.93. The van der Waals surface area contributed by atoms with Crippen molar-refractivity contribution < 1.29 is 18.7 Å². The van der Waals surface area contributed by atoms with E-state index in [1.165, 1.54) is 0 Å². The average Bonchev–Trinajstić information content (AvgIpc) is 2.97. The van der Waals surface area contributed by atoms with Crippen LogP contribution in [0.2, 0.25) is 5.02 Å². The van der Waals surface area contributed by atoms with Crippen molar-refractivity contribution in [3.63, 3.8) is 0 Å². The summed E-state index contributed by atoms with van der Waals surface area (Å²) in [4.78, 5) is 24.6. The van der Waals surface area contributed by atoms with Gasteiger partial charge in [-0.05, 0) is 45.7 Å². The van der Waals surface area contributed by atoms with Crippen LogP contribution in [0.5, 0.6) is 0 Å². The Bertz CT molecular complexity index is 915. The highest BCUT2D eigenvalue weighted by molar-refractivity contribution is 6.33. The highest BCUT2D eigenvalue weighted by atomic mass is 35.5. The molecule has 1 heterocycles. The molecule has 1 aromatic carbocycles. The fourth-order valence-corrected chi connectivity index (χ4v) is 3.29. The van der Waals surface area contributed by atoms with Gasteiger partial charge in [-0.15, -0.1) is 0 Å². The third-order valence-corrected chi connectivity index (χ3v) is 4.59. The second-order valence-corrected chi connectivity index (χ2v) is 7.05. The molecule has 0 spiro atoms. The summed E-state index contributed by atoms with van der Waals surface area (Å²) in [5.41, 5.74) is 5.04. The maximum Gasteiger partial charge on any atom is 0.374 e. The van der Waals surface area contributed by atoms with Crippen LogP contribution in [-0.4, -0.2) is 23.7 Å². The summed E-state index contributed by atoms with van der Waals surface area (Å²) in [6.45, 7) is 5.37. The first-order valence-corrected chi connectivity index (χ1v) is 9.21. The van der Waals surface area contributed by atoms with Crippen molar-refractivity contribution in [1.82, 2.24) is 5.43 Å². The number of fused-ring (bicyclic) bond motifs is 1. The van der Waals surface area contributed by atoms with Crippen molar-refractivity contribution in [2.75, 3.05) is 0 Å². The highest BCUT2D eigenvalue weighted by Gasteiger charge is 2.29. The Morgan fingerprint density at radius 1 is 1.26 bits per heavy atom. The van der Waals surface area contributed by atoms with Crippen LogP contribution in [0.4, 0.5) is 0 Å². The lowest BCUT2D eigenvalue weighted by Gasteiger charge is -2.13. The number of esters is 1. The van der Waals surface area contributed by atoms with Crippen LogP contribution in [0.25, 0.3) is 0 Å². The molecule has 1 amide bonds. The number of aryl methyl sites for hydroxylation is 1. The second-order valence-electron chi connectivity index (χ2n) is 6.64. The molecule has 142 valence electrons. The first-order valence-electron chi connectivity index (χ1n) is 8.83. The molecule has 0 fully saturated rings. The van der Waals surface area contributed by atoms with E-state index >= 15 is 0 Å². The molecule has 2 aromatic rings. The molecule has 6 nitrogen and oxygen atoms in total. The van der Waals surface area contributed by atoms with Crippen molar-refractivity contribution in [3.05, 3.63) is 57.5 Å². The maximum absolute atomic E-state index is 12.3. The van der Waals surface area contributed by atoms with E-state index in [1.54, 1.807) is 45.0 Å². The molecule has 27 heavy (non-hydrogen) atoms. The molecule has 7 heteroatoms. The van der Waals surface area contributed by atoms with Crippen LogP contribution < -0.4 is 5.43 Å². The summed E-state index contributed by atoms with van der Waals surface area (Å²) in [6, 6.07) is 6.77. The van der Waals surface area contributed by atoms with Gasteiger partial charge in [0.15, 0.2) is 0 Å². The molecule has 0 saturated carbocycles. The number of carbonyl (C=O) groups excluding carboxylic acids is 2. The number of nitrogens with one attached hydrogen (secondary N) is 1. The molecule has 0 unspecified atom stereocenters. The van der Waals surface area contributed by atoms with Gasteiger partial charge in [-0.25, -0.2) is 10.2 Å². The van der Waals surface area contributed by atoms with Crippen LogP contribution in [-0.2, 0) is 11.2 Å². The van der Waals surface area contributed by atoms with Gasteiger partial charge < -0.3 is 9.15 Å². The maximum atomic E-state index is 12.3. The Balaban J connectivity index is 1.87. The van der Waals surface area contributed by atoms with E-state index < -0.39 is 5.97 Å². The molecule has 1 aliphatic rings. The summed E-state index contributed by atoms with van der Waals surface area (Å²) in [6.07, 6.45) is 1.97. The SMILES string of the molecule is Cc1c(C(=O)OC(C)C)oc2c1/C(=N/NC(=O)c1ccccc1Cl)CCC2. The minimum absolute atomic E-state index is 0.195. The van der Waals surface area contributed by atoms with Gasteiger partial charge in [0.2, 0.25) is 5.76 Å². The summed E-state index contributed by atoms with van der Waals surface area (Å²) >= 11 is 6.05. The van der Waals surface area contributed by atoms with Gasteiger partial charge in [-0.1, -0.05) is 23.7 Å². The molecule has 1 N–H and O–H groups in total. The molecular weight excluding hydrogens is 368 g/mol. The first-order chi connectivity index (χ1) is 12.9. The first kappa shape index (κ1) is 19.2. The van der Waals surface area contributed by atoms with E-state index in [2.05, 4.69) is 10.5 Å². The molecule has 1 aliphatic carbocycles. The quantitative estimate of drug-likeness (QED) is 0.626. The summed E-state index contributed by atoms with van der Waals surface area (Å²) < 4.78 is 11.0. The van der Waals surface area contributed by atoms with Gasteiger partial charge in [0.25, 0.3) is 5.91 Å². The lowest BCUT2D eigenvalue weighted by molar-refractivity contribution is 0.0338. The lowest BCUT2D eigenvalue weighted by Crippen LogP contribution is -2.22. The van der Waals surface area contributed by atoms with Gasteiger partial charge >= 0.3 is 5.97 Å². The monoisotopic (exact) mass is 388 g/mol. The molecule has 0 atom stereocenters. The number of nitrogens with zero attached hydrogens (tertiary/aromatic N) is 1. The molecule has 0 radical (unpaired) electrons. The van der Waals surface area contributed by atoms with Crippen LogP contribution in [0.15, 0.2) is 33.8 Å². The van der Waals surface area contributed by atoms with E-state index in [-0.39, 0.29) is 17.8 Å². The number of benzene rings is 1. The zero-order chi connectivity index (χ0) is 19.6. The van der Waals surface area contributed by atoms with Gasteiger partial charge in [-0.2, -0.15) is 5.10 Å². The van der Waals surface area contributed by atoms with Crippen LogP contribution >= 0.6 is 11.6 Å². The third-order valence-electron chi connectivity index (χ3n) is 4.26. The van der Waals surface area contributed by atoms with Crippen molar-refractivity contribution in [2.24, 2.45) is 5.10 Å². The molecule has 1 aromatic heterocycles. The third kappa shape index (κ3) is 4.06. The largest absolute Gasteiger partial charge is 0.457 e. The summed E-state index contributed by atoms with van der Waals surface area (Å²) in [5, 5.41) is 4.64. The molecule has 0 saturated heterocycles. The topological polar surface area (TPSA) is 80.9 Å². The number of hydrogen-bond donors (Lipinski definition) is 1. The molecule has 0 bridgehead atoms. The predicted molar refractivity (Wildman–Crippen MR) is 102 cm³/mol. The Labute approximate surface area is 162 Å². The van der Waals surface area contributed by atoms with Crippen LogP contribution in [0.1, 0.15) is 64.5 Å². The van der Waals surface area contributed by atoms with Crippen molar-refractivity contribution in [1.29, 1.82) is 0 Å². The number of rotatable bonds is 4. The van der Waals surface area contributed by atoms with Crippen molar-refractivity contribution in [3.8, 4) is 0 Å². The zero-order valence-electron chi connectivity index (χ0n) is 15.5. The van der Waals surface area contributed by atoms with Crippen molar-refractivity contribution in [2.45, 2.75) is 46.1 Å². The van der Waals surface area contributed by atoms with Crippen LogP contribution in [0.3, 0.4) is 0 Å². The molecular formula is C20H21ClN2O4. The van der Waals surface area contributed by atoms with E-state index in [4.69, 9.17) is 20.8 Å². The fourth-order valence-electron chi connectivity index (χ4n) is 3.07. The summed E-state index contributed by atoms with van der Waals surface area (Å²) in [7, 11) is 0. The number of amides is 1. The standard InChI is InChI=1S/C20H21ClN2O4/c1-11(2)26-20(25)18-12(3)17-15(9-6-10-16(17)27-18)22-23-19(24)13-7-4-5-8-14(13)21/h4-5,7-8,11H,6,9-10H2,1-3H3,(H,23,24)/b22-15+. The average molecular weight is 389 g/mol. The van der Waals surface area contributed by atoms with E-state index in [1.807, 2.05) is 0 Å². The van der Waals surface area contributed by atoms with E-state index in [9.17, 15) is 9.59 Å². The minimum atomic E-state index is -0.489. The van der Waals surface area contributed by atoms with Gasteiger partial charge in [0, 0.05) is 17.5 Å². The Morgan fingerprint density at radius 3 is 2.70 bits per heavy atom. The predicted octanol–water partition coefficient (Wildman–Crippen LogP) is 4.28. The normalized spacial score (nSPS) is 14.9. The number of ether oxygens (including phenoxy) is 1. The summed E-state index contributed by atoms with van der Waals surface area (Å²) in [5.74, 6) is 0.0121. The number of furan rings is 1. The Morgan fingerprint density at radius 2 is 2.00 bits per heavy atom. The minimum Gasteiger partial charge on any atom is -0.457 e. The fraction of sp³-hybridized carbons (Fsp3) is 0.350. The highest BCUT2D eigenvalue weighted by Crippen LogP contribution is 2.30. The number of hydrazone groups is 1. The Hall–Kier alpha value is -2.60. The number of hydrogen-bond acceptors (Lipinski definition) is 5. The Kier molecular flexibility index (Phi) is 5.65. The van der Waals surface area contributed by atoms with Gasteiger partial charge in [-0.3, -0.25) is 4.79 Å². The molecule has 0 aliphatic heterocycles. The smallest absolute Gasteiger partial charge is 0.374 e. The van der Waals surface area contributed by atoms with Crippen molar-refractivity contribution >= 4 is 29.2 Å². The number of carbonyl (C=O) groups is 2.